The number of rotatable bonds is 4. The molecule has 0 saturated carbocycles. The van der Waals surface area contributed by atoms with Crippen LogP contribution < -0.4 is 0 Å². The van der Waals surface area contributed by atoms with Gasteiger partial charge in [-0.15, -0.1) is 0 Å². The molecule has 0 bridgehead atoms. The van der Waals surface area contributed by atoms with Crippen LogP contribution in [-0.2, 0) is 9.53 Å². The van der Waals surface area contributed by atoms with Crippen molar-refractivity contribution >= 4 is 12.0 Å². The molecule has 2 unspecified atom stereocenters. The number of hydrogen-bond donors (Lipinski definition) is 1. The third-order valence-corrected chi connectivity index (χ3v) is 3.31. The van der Waals surface area contributed by atoms with Crippen LogP contribution in [0, 0.1) is 0 Å². The monoisotopic (exact) mass is 272 g/mol. The number of urea groups is 1. The molecule has 6 heteroatoms. The van der Waals surface area contributed by atoms with Gasteiger partial charge in [-0.05, 0) is 27.2 Å². The molecule has 1 rings (SSSR count). The van der Waals surface area contributed by atoms with Crippen LogP contribution >= 0.6 is 0 Å². The zero-order valence-corrected chi connectivity index (χ0v) is 12.0. The molecular weight excluding hydrogens is 248 g/mol. The summed E-state index contributed by atoms with van der Waals surface area (Å²) in [7, 11) is 0. The average Bonchev–Trinajstić information content (AvgIpc) is 2.53. The van der Waals surface area contributed by atoms with E-state index in [0.717, 1.165) is 6.42 Å². The molecule has 110 valence electrons. The van der Waals surface area contributed by atoms with Crippen molar-refractivity contribution in [1.82, 2.24) is 9.80 Å². The quantitative estimate of drug-likeness (QED) is 0.840. The van der Waals surface area contributed by atoms with Gasteiger partial charge in [0.05, 0.1) is 12.5 Å². The molecule has 2 amide bonds. The Morgan fingerprint density at radius 3 is 2.79 bits per heavy atom. The van der Waals surface area contributed by atoms with Gasteiger partial charge in [-0.3, -0.25) is 4.79 Å². The van der Waals surface area contributed by atoms with Crippen molar-refractivity contribution in [2.45, 2.75) is 45.8 Å². The van der Waals surface area contributed by atoms with Crippen molar-refractivity contribution in [1.29, 1.82) is 0 Å². The summed E-state index contributed by atoms with van der Waals surface area (Å²) < 4.78 is 5.52. The number of nitrogens with zero attached hydrogens (tertiary/aromatic N) is 2. The van der Waals surface area contributed by atoms with Crippen LogP contribution in [0.4, 0.5) is 4.79 Å². The standard InChI is InChI=1S/C13H24N2O4/c1-4-15(10(2)8-12(16)17)13(18)14-6-5-7-19-11(3)9-14/h10-11H,4-9H2,1-3H3,(H,16,17). The lowest BCUT2D eigenvalue weighted by molar-refractivity contribution is -0.138. The van der Waals surface area contributed by atoms with E-state index in [1.54, 1.807) is 16.7 Å². The lowest BCUT2D eigenvalue weighted by Crippen LogP contribution is -2.49. The molecule has 1 heterocycles. The van der Waals surface area contributed by atoms with Crippen molar-refractivity contribution in [3.8, 4) is 0 Å². The van der Waals surface area contributed by atoms with E-state index < -0.39 is 5.97 Å². The second-order valence-electron chi connectivity index (χ2n) is 5.00. The molecule has 0 spiro atoms. The van der Waals surface area contributed by atoms with Crippen molar-refractivity contribution in [2.75, 3.05) is 26.2 Å². The number of carboxylic acids is 1. The maximum atomic E-state index is 12.5. The van der Waals surface area contributed by atoms with E-state index in [9.17, 15) is 9.59 Å². The highest BCUT2D eigenvalue weighted by Crippen LogP contribution is 2.12. The fraction of sp³-hybridized carbons (Fsp3) is 0.846. The molecular formula is C13H24N2O4. The third kappa shape index (κ3) is 4.70. The SMILES string of the molecule is CCN(C(=O)N1CCCOC(C)C1)C(C)CC(=O)O. The first-order valence-electron chi connectivity index (χ1n) is 6.84. The molecule has 6 nitrogen and oxygen atoms in total. The normalized spacial score (nSPS) is 21.6. The maximum Gasteiger partial charge on any atom is 0.320 e. The van der Waals surface area contributed by atoms with Crippen LogP contribution in [0.5, 0.6) is 0 Å². The van der Waals surface area contributed by atoms with E-state index >= 15 is 0 Å². The molecule has 1 aliphatic rings. The third-order valence-electron chi connectivity index (χ3n) is 3.31. The summed E-state index contributed by atoms with van der Waals surface area (Å²) in [4.78, 5) is 26.6. The zero-order valence-electron chi connectivity index (χ0n) is 12.0. The molecule has 0 aromatic carbocycles. The first kappa shape index (κ1) is 15.8. The second kappa shape index (κ2) is 7.33. The molecule has 19 heavy (non-hydrogen) atoms. The molecule has 0 aliphatic carbocycles. The summed E-state index contributed by atoms with van der Waals surface area (Å²) in [5.41, 5.74) is 0. The minimum atomic E-state index is -0.883. The van der Waals surface area contributed by atoms with Crippen molar-refractivity contribution in [3.63, 3.8) is 0 Å². The Hall–Kier alpha value is -1.30. The van der Waals surface area contributed by atoms with Gasteiger partial charge < -0.3 is 19.6 Å². The highest BCUT2D eigenvalue weighted by atomic mass is 16.5. The fourth-order valence-electron chi connectivity index (χ4n) is 2.35. The summed E-state index contributed by atoms with van der Waals surface area (Å²) in [6.45, 7) is 8.00. The van der Waals surface area contributed by atoms with E-state index in [2.05, 4.69) is 0 Å². The number of carboxylic acid groups (broad SMARTS) is 1. The first-order valence-corrected chi connectivity index (χ1v) is 6.84. The van der Waals surface area contributed by atoms with Gasteiger partial charge in [0.1, 0.15) is 0 Å². The summed E-state index contributed by atoms with van der Waals surface area (Å²) in [5, 5.41) is 8.84. The Labute approximate surface area is 114 Å². The highest BCUT2D eigenvalue weighted by Gasteiger charge is 2.27. The summed E-state index contributed by atoms with van der Waals surface area (Å²) in [6, 6.07) is -0.386. The molecule has 0 aromatic rings. The predicted octanol–water partition coefficient (Wildman–Crippen LogP) is 1.40. The Morgan fingerprint density at radius 2 is 2.21 bits per heavy atom. The number of carbonyl (C=O) groups is 2. The van der Waals surface area contributed by atoms with Crippen LogP contribution in [0.2, 0.25) is 0 Å². The molecule has 1 saturated heterocycles. The van der Waals surface area contributed by atoms with E-state index in [1.165, 1.54) is 0 Å². The number of aliphatic carboxylic acids is 1. The maximum absolute atomic E-state index is 12.5. The van der Waals surface area contributed by atoms with Gasteiger partial charge in [0.25, 0.3) is 0 Å². The first-order chi connectivity index (χ1) is 8.95. The fourth-order valence-corrected chi connectivity index (χ4v) is 2.35. The highest BCUT2D eigenvalue weighted by molar-refractivity contribution is 5.76. The second-order valence-corrected chi connectivity index (χ2v) is 5.00. The smallest absolute Gasteiger partial charge is 0.320 e. The van der Waals surface area contributed by atoms with Crippen molar-refractivity contribution in [2.24, 2.45) is 0 Å². The van der Waals surface area contributed by atoms with E-state index in [-0.39, 0.29) is 24.6 Å². The van der Waals surface area contributed by atoms with Gasteiger partial charge >= 0.3 is 12.0 Å². The Balaban J connectivity index is 2.68. The number of carbonyl (C=O) groups excluding carboxylic acids is 1. The number of amides is 2. The average molecular weight is 272 g/mol. The molecule has 0 aromatic heterocycles. The number of ether oxygens (including phenoxy) is 1. The lowest BCUT2D eigenvalue weighted by Gasteiger charge is -2.33. The molecule has 1 N–H and O–H groups in total. The van der Waals surface area contributed by atoms with E-state index in [0.29, 0.717) is 26.2 Å². The Kier molecular flexibility index (Phi) is 6.08. The summed E-state index contributed by atoms with van der Waals surface area (Å²) in [6.07, 6.45) is 0.820. The van der Waals surface area contributed by atoms with Crippen LogP contribution in [0.15, 0.2) is 0 Å². The zero-order chi connectivity index (χ0) is 14.4. The molecule has 1 aliphatic heterocycles. The number of hydrogen-bond acceptors (Lipinski definition) is 3. The summed E-state index contributed by atoms with van der Waals surface area (Å²) >= 11 is 0. The van der Waals surface area contributed by atoms with Gasteiger partial charge in [0.2, 0.25) is 0 Å². The molecule has 2 atom stereocenters. The van der Waals surface area contributed by atoms with Crippen LogP contribution in [0.1, 0.15) is 33.6 Å². The van der Waals surface area contributed by atoms with Crippen LogP contribution in [-0.4, -0.2) is 65.3 Å². The molecule has 1 fully saturated rings. The van der Waals surface area contributed by atoms with Crippen LogP contribution in [0.3, 0.4) is 0 Å². The Bertz CT molecular complexity index is 322. The largest absolute Gasteiger partial charge is 0.481 e. The lowest BCUT2D eigenvalue weighted by atomic mass is 10.2. The van der Waals surface area contributed by atoms with Crippen molar-refractivity contribution < 1.29 is 19.4 Å². The summed E-state index contributed by atoms with van der Waals surface area (Å²) in [5.74, 6) is -0.883. The minimum Gasteiger partial charge on any atom is -0.481 e. The van der Waals surface area contributed by atoms with E-state index in [1.807, 2.05) is 13.8 Å². The predicted molar refractivity (Wildman–Crippen MR) is 71.1 cm³/mol. The van der Waals surface area contributed by atoms with Gasteiger partial charge in [0, 0.05) is 32.3 Å². The molecule has 0 radical (unpaired) electrons. The van der Waals surface area contributed by atoms with Gasteiger partial charge in [-0.25, -0.2) is 4.79 Å². The van der Waals surface area contributed by atoms with Crippen molar-refractivity contribution in [3.05, 3.63) is 0 Å². The van der Waals surface area contributed by atoms with Gasteiger partial charge in [-0.1, -0.05) is 0 Å². The minimum absolute atomic E-state index is 0.0277. The van der Waals surface area contributed by atoms with Gasteiger partial charge in [0.15, 0.2) is 0 Å². The van der Waals surface area contributed by atoms with E-state index in [4.69, 9.17) is 9.84 Å². The van der Waals surface area contributed by atoms with Crippen LogP contribution in [0.25, 0.3) is 0 Å². The Morgan fingerprint density at radius 1 is 1.53 bits per heavy atom. The van der Waals surface area contributed by atoms with Gasteiger partial charge in [-0.2, -0.15) is 0 Å². The topological polar surface area (TPSA) is 70.1 Å².